The Morgan fingerprint density at radius 3 is 2.53 bits per heavy atom. The predicted molar refractivity (Wildman–Crippen MR) is 69.5 cm³/mol. The lowest BCUT2D eigenvalue weighted by atomic mass is 10.2. The normalized spacial score (nSPS) is 10.5. The van der Waals surface area contributed by atoms with Crippen molar-refractivity contribution in [3.05, 3.63) is 18.2 Å². The molecule has 0 radical (unpaired) electrons. The number of rotatable bonds is 4. The van der Waals surface area contributed by atoms with Gasteiger partial charge in [-0.15, -0.1) is 0 Å². The van der Waals surface area contributed by atoms with Crippen molar-refractivity contribution in [2.24, 2.45) is 0 Å². The van der Waals surface area contributed by atoms with Crippen LogP contribution >= 0.6 is 0 Å². The van der Waals surface area contributed by atoms with Crippen molar-refractivity contribution in [1.82, 2.24) is 0 Å². The fourth-order valence-electron chi connectivity index (χ4n) is 1.33. The zero-order valence-corrected chi connectivity index (χ0v) is 11.4. The van der Waals surface area contributed by atoms with Crippen molar-refractivity contribution < 1.29 is 23.8 Å². The van der Waals surface area contributed by atoms with Crippen molar-refractivity contribution in [2.45, 2.75) is 26.4 Å². The maximum Gasteiger partial charge on any atom is 0.412 e. The molecule has 0 saturated heterocycles. The van der Waals surface area contributed by atoms with E-state index in [4.69, 9.17) is 14.2 Å². The molecule has 0 aromatic heterocycles. The number of hydrogen-bond donors (Lipinski definition) is 1. The topological polar surface area (TPSA) is 73.9 Å². The van der Waals surface area contributed by atoms with E-state index in [1.165, 1.54) is 13.2 Å². The molecule has 1 aromatic carbocycles. The summed E-state index contributed by atoms with van der Waals surface area (Å²) in [6.07, 6.45) is -0.617. The number of carbonyl (C=O) groups excluding carboxylic acids is 2. The average molecular weight is 267 g/mol. The van der Waals surface area contributed by atoms with Gasteiger partial charge in [0, 0.05) is 6.07 Å². The Morgan fingerprint density at radius 2 is 2.00 bits per heavy atom. The third-order valence-electron chi connectivity index (χ3n) is 1.99. The number of benzene rings is 1. The van der Waals surface area contributed by atoms with E-state index in [0.29, 0.717) is 23.7 Å². The van der Waals surface area contributed by atoms with Crippen LogP contribution in [0.25, 0.3) is 0 Å². The maximum absolute atomic E-state index is 11.7. The average Bonchev–Trinajstić information content (AvgIpc) is 2.27. The van der Waals surface area contributed by atoms with Gasteiger partial charge in [-0.25, -0.2) is 4.79 Å². The van der Waals surface area contributed by atoms with Gasteiger partial charge < -0.3 is 14.2 Å². The van der Waals surface area contributed by atoms with Gasteiger partial charge >= 0.3 is 6.09 Å². The van der Waals surface area contributed by atoms with Crippen LogP contribution < -0.4 is 14.8 Å². The number of ether oxygens (including phenoxy) is 3. The minimum atomic E-state index is -0.617. The van der Waals surface area contributed by atoms with Crippen LogP contribution in [0.3, 0.4) is 0 Å². The highest BCUT2D eigenvalue weighted by Crippen LogP contribution is 2.29. The molecule has 1 N–H and O–H groups in total. The highest BCUT2D eigenvalue weighted by molar-refractivity contribution is 5.87. The summed E-state index contributed by atoms with van der Waals surface area (Å²) in [6, 6.07) is 4.59. The highest BCUT2D eigenvalue weighted by Gasteiger charge is 2.17. The Bertz CT molecular complexity index is 465. The predicted octanol–water partition coefficient (Wildman–Crippen LogP) is 2.58. The second kappa shape index (κ2) is 6.08. The van der Waals surface area contributed by atoms with Crippen LogP contribution in [-0.2, 0) is 9.53 Å². The lowest BCUT2D eigenvalue weighted by molar-refractivity contribution is -0.120. The standard InChI is InChI=1S/C13H17NO5/c1-13(2,3)19-12(16)14-10-7-9(18-8-15)5-6-11(10)17-4/h5-8H,1-4H3,(H,14,16). The van der Waals surface area contributed by atoms with Gasteiger partial charge in [-0.05, 0) is 32.9 Å². The Kier molecular flexibility index (Phi) is 4.74. The van der Waals surface area contributed by atoms with Crippen LogP contribution in [0.15, 0.2) is 18.2 Å². The summed E-state index contributed by atoms with van der Waals surface area (Å²) in [5.74, 6) is 0.728. The molecule has 0 aliphatic heterocycles. The molecule has 1 rings (SSSR count). The number of amides is 1. The van der Waals surface area contributed by atoms with E-state index in [-0.39, 0.29) is 0 Å². The first-order valence-corrected chi connectivity index (χ1v) is 5.64. The van der Waals surface area contributed by atoms with Gasteiger partial charge in [-0.1, -0.05) is 0 Å². The van der Waals surface area contributed by atoms with Gasteiger partial charge in [0.05, 0.1) is 12.8 Å². The number of carbonyl (C=O) groups is 2. The summed E-state index contributed by atoms with van der Waals surface area (Å²) in [7, 11) is 1.47. The number of hydrogen-bond acceptors (Lipinski definition) is 5. The van der Waals surface area contributed by atoms with Crippen LogP contribution in [0, 0.1) is 0 Å². The molecule has 0 fully saturated rings. The molecule has 1 aromatic rings. The van der Waals surface area contributed by atoms with Crippen molar-refractivity contribution in [1.29, 1.82) is 0 Å². The van der Waals surface area contributed by atoms with Gasteiger partial charge in [-0.3, -0.25) is 10.1 Å². The van der Waals surface area contributed by atoms with Crippen LogP contribution in [-0.4, -0.2) is 25.3 Å². The van der Waals surface area contributed by atoms with E-state index in [0.717, 1.165) is 0 Å². The van der Waals surface area contributed by atoms with Crippen molar-refractivity contribution in [2.75, 3.05) is 12.4 Å². The molecule has 0 unspecified atom stereocenters. The third-order valence-corrected chi connectivity index (χ3v) is 1.99. The number of methoxy groups -OCH3 is 1. The fourth-order valence-corrected chi connectivity index (χ4v) is 1.33. The molecule has 0 bridgehead atoms. The highest BCUT2D eigenvalue weighted by atomic mass is 16.6. The second-order valence-corrected chi connectivity index (χ2v) is 4.70. The van der Waals surface area contributed by atoms with Gasteiger partial charge in [0.15, 0.2) is 0 Å². The lowest BCUT2D eigenvalue weighted by Gasteiger charge is -2.20. The molecule has 0 aliphatic rings. The van der Waals surface area contributed by atoms with E-state index in [1.54, 1.807) is 32.9 Å². The molecule has 0 spiro atoms. The second-order valence-electron chi connectivity index (χ2n) is 4.70. The van der Waals surface area contributed by atoms with Crippen LogP contribution in [0.2, 0.25) is 0 Å². The summed E-state index contributed by atoms with van der Waals surface area (Å²) in [6.45, 7) is 5.58. The fraction of sp³-hybridized carbons (Fsp3) is 0.385. The smallest absolute Gasteiger partial charge is 0.412 e. The van der Waals surface area contributed by atoms with Gasteiger partial charge in [0.2, 0.25) is 0 Å². The Balaban J connectivity index is 2.88. The molecular formula is C13H17NO5. The third kappa shape index (κ3) is 4.87. The summed E-state index contributed by atoms with van der Waals surface area (Å²) in [5, 5.41) is 2.53. The summed E-state index contributed by atoms with van der Waals surface area (Å²) < 4.78 is 14.9. The van der Waals surface area contributed by atoms with E-state index in [2.05, 4.69) is 5.32 Å². The number of anilines is 1. The minimum Gasteiger partial charge on any atom is -0.495 e. The Morgan fingerprint density at radius 1 is 1.32 bits per heavy atom. The van der Waals surface area contributed by atoms with Gasteiger partial charge in [0.25, 0.3) is 6.47 Å². The zero-order valence-electron chi connectivity index (χ0n) is 11.4. The minimum absolute atomic E-state index is 0.293. The molecule has 0 heterocycles. The first kappa shape index (κ1) is 14.8. The monoisotopic (exact) mass is 267 g/mol. The molecule has 6 heteroatoms. The SMILES string of the molecule is COc1ccc(OC=O)cc1NC(=O)OC(C)(C)C. The van der Waals surface area contributed by atoms with Crippen molar-refractivity contribution >= 4 is 18.3 Å². The molecule has 1 amide bonds. The first-order chi connectivity index (χ1) is 8.85. The van der Waals surface area contributed by atoms with E-state index < -0.39 is 11.7 Å². The van der Waals surface area contributed by atoms with E-state index in [1.807, 2.05) is 0 Å². The molecule has 0 atom stereocenters. The lowest BCUT2D eigenvalue weighted by Crippen LogP contribution is -2.27. The van der Waals surface area contributed by atoms with Crippen molar-refractivity contribution in [3.63, 3.8) is 0 Å². The van der Waals surface area contributed by atoms with Crippen LogP contribution in [0.4, 0.5) is 10.5 Å². The molecular weight excluding hydrogens is 250 g/mol. The van der Waals surface area contributed by atoms with Crippen LogP contribution in [0.1, 0.15) is 20.8 Å². The first-order valence-electron chi connectivity index (χ1n) is 5.64. The van der Waals surface area contributed by atoms with E-state index >= 15 is 0 Å². The van der Waals surface area contributed by atoms with Crippen molar-refractivity contribution in [3.8, 4) is 11.5 Å². The summed E-state index contributed by atoms with van der Waals surface area (Å²) in [5.41, 5.74) is -0.245. The van der Waals surface area contributed by atoms with E-state index in [9.17, 15) is 9.59 Å². The quantitative estimate of drug-likeness (QED) is 0.849. The molecule has 19 heavy (non-hydrogen) atoms. The number of nitrogens with one attached hydrogen (secondary N) is 1. The largest absolute Gasteiger partial charge is 0.495 e. The van der Waals surface area contributed by atoms with Gasteiger partial charge in [0.1, 0.15) is 17.1 Å². The van der Waals surface area contributed by atoms with Crippen LogP contribution in [0.5, 0.6) is 11.5 Å². The molecule has 6 nitrogen and oxygen atoms in total. The zero-order chi connectivity index (χ0) is 14.5. The van der Waals surface area contributed by atoms with Gasteiger partial charge in [-0.2, -0.15) is 0 Å². The Labute approximate surface area is 111 Å². The molecule has 104 valence electrons. The maximum atomic E-state index is 11.7. The summed E-state index contributed by atoms with van der Waals surface area (Å²) >= 11 is 0. The molecule has 0 saturated carbocycles. The summed E-state index contributed by atoms with van der Waals surface area (Å²) in [4.78, 5) is 22.0. The molecule has 0 aliphatic carbocycles. The Hall–Kier alpha value is -2.24.